The summed E-state index contributed by atoms with van der Waals surface area (Å²) in [4.78, 5) is 0. The minimum absolute atomic E-state index is 0.875. The first-order valence-corrected chi connectivity index (χ1v) is 15.2. The van der Waals surface area contributed by atoms with Crippen molar-refractivity contribution in [2.45, 2.75) is 0 Å². The molecule has 0 aliphatic rings. The number of anilines is 2. The van der Waals surface area contributed by atoms with Gasteiger partial charge in [0.2, 0.25) is 0 Å². The Kier molecular flexibility index (Phi) is 5.82. The van der Waals surface area contributed by atoms with Crippen LogP contribution in [0.3, 0.4) is 0 Å². The molecule has 3 nitrogen and oxygen atoms in total. The molecule has 7 aromatic carbocycles. The van der Waals surface area contributed by atoms with Crippen molar-refractivity contribution in [1.29, 1.82) is 0 Å². The second-order valence-electron chi connectivity index (χ2n) is 11.4. The lowest BCUT2D eigenvalue weighted by atomic mass is 9.93. The summed E-state index contributed by atoms with van der Waals surface area (Å²) in [6.45, 7) is 0. The number of nitrogens with one attached hydrogen (secondary N) is 1. The molecule has 0 bridgehead atoms. The Bertz CT molecular complexity index is 2370. The van der Waals surface area contributed by atoms with E-state index in [1.165, 1.54) is 11.1 Å². The van der Waals surface area contributed by atoms with Crippen molar-refractivity contribution in [1.82, 2.24) is 0 Å². The van der Waals surface area contributed by atoms with Crippen LogP contribution in [0.5, 0.6) is 0 Å². The number of rotatable bonds is 5. The van der Waals surface area contributed by atoms with Gasteiger partial charge in [0, 0.05) is 49.5 Å². The summed E-state index contributed by atoms with van der Waals surface area (Å²) < 4.78 is 13.0. The number of benzene rings is 7. The minimum Gasteiger partial charge on any atom is -0.455 e. The maximum Gasteiger partial charge on any atom is 0.143 e. The lowest BCUT2D eigenvalue weighted by Crippen LogP contribution is -1.97. The molecule has 0 fully saturated rings. The van der Waals surface area contributed by atoms with Crippen molar-refractivity contribution in [3.8, 4) is 33.4 Å². The summed E-state index contributed by atoms with van der Waals surface area (Å²) in [5, 5.41) is 8.26. The molecule has 0 atom stereocenters. The van der Waals surface area contributed by atoms with Crippen LogP contribution >= 0.6 is 0 Å². The Morgan fingerprint density at radius 2 is 0.778 bits per heavy atom. The fourth-order valence-electron chi connectivity index (χ4n) is 6.58. The normalized spacial score (nSPS) is 11.6. The van der Waals surface area contributed by atoms with Crippen molar-refractivity contribution < 1.29 is 8.83 Å². The number of hydrogen-bond donors (Lipinski definition) is 1. The average Bonchev–Trinajstić information content (AvgIpc) is 3.68. The fourth-order valence-corrected chi connectivity index (χ4v) is 6.58. The molecule has 0 aliphatic heterocycles. The van der Waals surface area contributed by atoms with Crippen LogP contribution in [0.4, 0.5) is 11.4 Å². The number of para-hydroxylation sites is 5. The first-order valence-electron chi connectivity index (χ1n) is 15.2. The molecule has 0 spiro atoms. The topological polar surface area (TPSA) is 38.3 Å². The molecular formula is C42H27NO2. The van der Waals surface area contributed by atoms with E-state index >= 15 is 0 Å². The monoisotopic (exact) mass is 577 g/mol. The summed E-state index contributed by atoms with van der Waals surface area (Å²) in [5.74, 6) is 0. The van der Waals surface area contributed by atoms with Gasteiger partial charge in [-0.3, -0.25) is 0 Å². The molecule has 0 radical (unpaired) electrons. The molecule has 212 valence electrons. The molecule has 0 aliphatic carbocycles. The van der Waals surface area contributed by atoms with Crippen molar-refractivity contribution in [3.63, 3.8) is 0 Å². The zero-order chi connectivity index (χ0) is 29.7. The second-order valence-corrected chi connectivity index (χ2v) is 11.4. The molecule has 0 saturated carbocycles. The van der Waals surface area contributed by atoms with Gasteiger partial charge in [-0.2, -0.15) is 0 Å². The third-order valence-corrected chi connectivity index (χ3v) is 8.71. The quantitative estimate of drug-likeness (QED) is 0.221. The van der Waals surface area contributed by atoms with E-state index in [1.54, 1.807) is 0 Å². The summed E-state index contributed by atoms with van der Waals surface area (Å²) in [7, 11) is 0. The Morgan fingerprint density at radius 3 is 1.36 bits per heavy atom. The van der Waals surface area contributed by atoms with Gasteiger partial charge in [0.25, 0.3) is 0 Å². The SMILES string of the molecule is c1ccc(-c2ccc(Nc3c(-c4cccc5c4oc4ccccc45)cccc3-c3cccc4c3oc3ccccc34)cc2)cc1. The van der Waals surface area contributed by atoms with Crippen molar-refractivity contribution in [3.05, 3.63) is 158 Å². The van der Waals surface area contributed by atoms with Crippen LogP contribution in [0.25, 0.3) is 77.3 Å². The Morgan fingerprint density at radius 1 is 0.333 bits per heavy atom. The predicted octanol–water partition coefficient (Wildman–Crippen LogP) is 12.2. The third-order valence-electron chi connectivity index (χ3n) is 8.71. The van der Waals surface area contributed by atoms with Gasteiger partial charge in [-0.25, -0.2) is 0 Å². The second kappa shape index (κ2) is 10.3. The Hall–Kier alpha value is -6.06. The van der Waals surface area contributed by atoms with Crippen LogP contribution in [-0.4, -0.2) is 0 Å². The van der Waals surface area contributed by atoms with Crippen LogP contribution in [0.2, 0.25) is 0 Å². The summed E-state index contributed by atoms with van der Waals surface area (Å²) >= 11 is 0. The van der Waals surface area contributed by atoms with E-state index in [0.29, 0.717) is 0 Å². The van der Waals surface area contributed by atoms with Crippen LogP contribution in [0.1, 0.15) is 0 Å². The van der Waals surface area contributed by atoms with Crippen LogP contribution in [-0.2, 0) is 0 Å². The van der Waals surface area contributed by atoms with Crippen molar-refractivity contribution >= 4 is 55.3 Å². The zero-order valence-electron chi connectivity index (χ0n) is 24.3. The van der Waals surface area contributed by atoms with Gasteiger partial charge in [0.05, 0.1) is 5.69 Å². The first kappa shape index (κ1) is 25.4. The largest absolute Gasteiger partial charge is 0.455 e. The van der Waals surface area contributed by atoms with E-state index < -0.39 is 0 Å². The van der Waals surface area contributed by atoms with E-state index in [9.17, 15) is 0 Å². The van der Waals surface area contributed by atoms with E-state index in [-0.39, 0.29) is 0 Å². The number of hydrogen-bond acceptors (Lipinski definition) is 3. The molecular weight excluding hydrogens is 550 g/mol. The van der Waals surface area contributed by atoms with Gasteiger partial charge in [-0.05, 0) is 35.4 Å². The molecule has 9 aromatic rings. The van der Waals surface area contributed by atoms with E-state index in [0.717, 1.165) is 77.5 Å². The van der Waals surface area contributed by atoms with Crippen LogP contribution in [0.15, 0.2) is 167 Å². The number of furan rings is 2. The minimum atomic E-state index is 0.875. The van der Waals surface area contributed by atoms with Gasteiger partial charge in [0.1, 0.15) is 22.3 Å². The molecule has 1 N–H and O–H groups in total. The fraction of sp³-hybridized carbons (Fsp3) is 0. The Balaban J connectivity index is 1.27. The third kappa shape index (κ3) is 4.21. The lowest BCUT2D eigenvalue weighted by molar-refractivity contribution is 0.670. The first-order chi connectivity index (χ1) is 22.3. The summed E-state index contributed by atoms with van der Waals surface area (Å²) in [6, 6.07) is 54.8. The lowest BCUT2D eigenvalue weighted by Gasteiger charge is -2.18. The van der Waals surface area contributed by atoms with Crippen molar-refractivity contribution in [2.75, 3.05) is 5.32 Å². The molecule has 9 rings (SSSR count). The van der Waals surface area contributed by atoms with Gasteiger partial charge < -0.3 is 14.2 Å². The Labute approximate surface area is 260 Å². The van der Waals surface area contributed by atoms with Gasteiger partial charge in [-0.15, -0.1) is 0 Å². The van der Waals surface area contributed by atoms with E-state index in [4.69, 9.17) is 8.83 Å². The van der Waals surface area contributed by atoms with E-state index in [1.807, 2.05) is 30.3 Å². The molecule has 0 amide bonds. The highest BCUT2D eigenvalue weighted by Crippen LogP contribution is 2.45. The van der Waals surface area contributed by atoms with Crippen molar-refractivity contribution in [2.24, 2.45) is 0 Å². The molecule has 2 aromatic heterocycles. The highest BCUT2D eigenvalue weighted by Gasteiger charge is 2.20. The van der Waals surface area contributed by atoms with Crippen LogP contribution < -0.4 is 5.32 Å². The zero-order valence-corrected chi connectivity index (χ0v) is 24.3. The maximum absolute atomic E-state index is 6.52. The summed E-state index contributed by atoms with van der Waals surface area (Å²) in [5.41, 5.74) is 12.0. The van der Waals surface area contributed by atoms with Gasteiger partial charge in [-0.1, -0.05) is 133 Å². The standard InChI is InChI=1S/C42H27NO2/c1-2-11-27(12-3-1)28-23-25-29(26-24-28)43-40-32(36-19-9-17-34-30-13-4-6-21-38(30)44-41(34)36)15-8-16-33(40)37-20-10-18-35-31-14-5-7-22-39(31)45-42(35)37/h1-26,43H. The molecule has 0 saturated heterocycles. The number of fused-ring (bicyclic) bond motifs is 6. The highest BCUT2D eigenvalue weighted by molar-refractivity contribution is 6.13. The van der Waals surface area contributed by atoms with Gasteiger partial charge in [0.15, 0.2) is 0 Å². The molecule has 3 heteroatoms. The average molecular weight is 578 g/mol. The smallest absolute Gasteiger partial charge is 0.143 e. The highest BCUT2D eigenvalue weighted by atomic mass is 16.3. The van der Waals surface area contributed by atoms with Gasteiger partial charge >= 0.3 is 0 Å². The van der Waals surface area contributed by atoms with Crippen LogP contribution in [0, 0.1) is 0 Å². The van der Waals surface area contributed by atoms with E-state index in [2.05, 4.69) is 133 Å². The molecule has 2 heterocycles. The summed E-state index contributed by atoms with van der Waals surface area (Å²) in [6.07, 6.45) is 0. The predicted molar refractivity (Wildman–Crippen MR) is 187 cm³/mol. The maximum atomic E-state index is 6.52. The molecule has 45 heavy (non-hydrogen) atoms. The molecule has 0 unspecified atom stereocenters.